The highest BCUT2D eigenvalue weighted by Gasteiger charge is 2.55. The average Bonchev–Trinajstić information content (AvgIpc) is 2.80. The van der Waals surface area contributed by atoms with Crippen molar-refractivity contribution in [1.82, 2.24) is 10.6 Å². The zero-order valence-corrected chi connectivity index (χ0v) is 20.5. The second-order valence-corrected chi connectivity index (χ2v) is 13.6. The molecule has 0 saturated heterocycles. The zero-order chi connectivity index (χ0) is 22.9. The molecule has 0 aliphatic heterocycles. The fourth-order valence-corrected chi connectivity index (χ4v) is 10.3. The van der Waals surface area contributed by atoms with Crippen LogP contribution in [-0.2, 0) is 22.7 Å². The Labute approximate surface area is 204 Å². The number of hydrogen-bond donors (Lipinski definition) is 2. The van der Waals surface area contributed by atoms with Gasteiger partial charge in [-0.2, -0.15) is 0 Å². The summed E-state index contributed by atoms with van der Waals surface area (Å²) in [6.45, 7) is 1.22. The van der Waals surface area contributed by atoms with Crippen LogP contribution >= 0.6 is 0 Å². The van der Waals surface area contributed by atoms with Crippen molar-refractivity contribution in [2.75, 3.05) is 0 Å². The minimum absolute atomic E-state index is 0.0732. The number of carbonyl (C=O) groups is 2. The number of amides is 2. The van der Waals surface area contributed by atoms with E-state index in [2.05, 4.69) is 34.9 Å². The first-order valence-corrected chi connectivity index (χ1v) is 14.1. The van der Waals surface area contributed by atoms with Gasteiger partial charge in [0.25, 0.3) is 0 Å². The van der Waals surface area contributed by atoms with E-state index in [1.54, 1.807) is 0 Å². The van der Waals surface area contributed by atoms with E-state index in [9.17, 15) is 9.59 Å². The first-order valence-electron chi connectivity index (χ1n) is 14.1. The molecule has 8 bridgehead atoms. The van der Waals surface area contributed by atoms with Crippen molar-refractivity contribution in [2.24, 2.45) is 46.3 Å². The number of rotatable bonds is 6. The average molecular weight is 461 g/mol. The summed E-state index contributed by atoms with van der Waals surface area (Å²) in [5.74, 6) is 5.39. The molecule has 1 aromatic rings. The van der Waals surface area contributed by atoms with Crippen LogP contribution in [0.3, 0.4) is 0 Å². The monoisotopic (exact) mass is 460 g/mol. The molecule has 0 atom stereocenters. The summed E-state index contributed by atoms with van der Waals surface area (Å²) in [6.07, 6.45) is 14.9. The minimum Gasteiger partial charge on any atom is -0.352 e. The number of benzene rings is 1. The van der Waals surface area contributed by atoms with Gasteiger partial charge in [-0.3, -0.25) is 9.59 Å². The topological polar surface area (TPSA) is 58.2 Å². The maximum atomic E-state index is 13.2. The van der Waals surface area contributed by atoms with Crippen LogP contribution < -0.4 is 10.6 Å². The predicted octanol–water partition coefficient (Wildman–Crippen LogP) is 5.35. The molecule has 0 aromatic heterocycles. The van der Waals surface area contributed by atoms with Crippen LogP contribution in [0.5, 0.6) is 0 Å². The normalized spacial score (nSPS) is 43.2. The van der Waals surface area contributed by atoms with Gasteiger partial charge in [0.15, 0.2) is 0 Å². The standard InChI is InChI=1S/C30H40N2O2/c33-27(29-11-21-5-22(12-29)7-23(6-21)13-29)31-17-19-1-2-20(4-3-19)18-32-28(34)30-14-24-8-25(15-30)10-26(9-24)16-30/h1-4,21-26H,5-18H2,(H,31,33)(H,32,34). The highest BCUT2D eigenvalue weighted by Crippen LogP contribution is 2.61. The van der Waals surface area contributed by atoms with Crippen molar-refractivity contribution in [1.29, 1.82) is 0 Å². The Morgan fingerprint density at radius 2 is 0.824 bits per heavy atom. The van der Waals surface area contributed by atoms with Gasteiger partial charge in [0.05, 0.1) is 0 Å². The van der Waals surface area contributed by atoms with E-state index < -0.39 is 0 Å². The second-order valence-electron chi connectivity index (χ2n) is 13.6. The van der Waals surface area contributed by atoms with Crippen LogP contribution in [0.1, 0.15) is 88.2 Å². The van der Waals surface area contributed by atoms with Crippen molar-refractivity contribution in [3.05, 3.63) is 35.4 Å². The van der Waals surface area contributed by atoms with E-state index >= 15 is 0 Å². The molecule has 0 heterocycles. The summed E-state index contributed by atoms with van der Waals surface area (Å²) < 4.78 is 0. The summed E-state index contributed by atoms with van der Waals surface area (Å²) in [5.41, 5.74) is 2.15. The third kappa shape index (κ3) is 3.62. The third-order valence-electron chi connectivity index (χ3n) is 11.0. The fourth-order valence-electron chi connectivity index (χ4n) is 10.3. The molecular weight excluding hydrogens is 420 g/mol. The Morgan fingerprint density at radius 1 is 0.559 bits per heavy atom. The van der Waals surface area contributed by atoms with Crippen LogP contribution in [0.4, 0.5) is 0 Å². The van der Waals surface area contributed by atoms with Gasteiger partial charge in [0, 0.05) is 23.9 Å². The molecule has 9 rings (SSSR count). The largest absolute Gasteiger partial charge is 0.352 e. The lowest BCUT2D eigenvalue weighted by atomic mass is 9.49. The molecule has 8 saturated carbocycles. The van der Waals surface area contributed by atoms with Gasteiger partial charge in [-0.05, 0) is 124 Å². The Bertz CT molecular complexity index is 830. The smallest absolute Gasteiger partial charge is 0.226 e. The van der Waals surface area contributed by atoms with E-state index in [0.717, 1.165) is 85.2 Å². The van der Waals surface area contributed by atoms with Crippen molar-refractivity contribution < 1.29 is 9.59 Å². The lowest BCUT2D eigenvalue weighted by Gasteiger charge is -2.55. The maximum absolute atomic E-state index is 13.2. The van der Waals surface area contributed by atoms with Crippen LogP contribution in [-0.4, -0.2) is 11.8 Å². The van der Waals surface area contributed by atoms with Gasteiger partial charge in [0.2, 0.25) is 11.8 Å². The Balaban J connectivity index is 0.928. The van der Waals surface area contributed by atoms with Crippen molar-refractivity contribution in [2.45, 2.75) is 90.1 Å². The first kappa shape index (κ1) is 21.4. The predicted molar refractivity (Wildman–Crippen MR) is 131 cm³/mol. The molecule has 0 unspecified atom stereocenters. The van der Waals surface area contributed by atoms with E-state index in [1.165, 1.54) is 38.5 Å². The molecule has 1 aromatic carbocycles. The highest BCUT2D eigenvalue weighted by atomic mass is 16.2. The fraction of sp³-hybridized carbons (Fsp3) is 0.733. The molecule has 182 valence electrons. The van der Waals surface area contributed by atoms with E-state index in [-0.39, 0.29) is 10.8 Å². The summed E-state index contributed by atoms with van der Waals surface area (Å²) in [4.78, 5) is 26.4. The lowest BCUT2D eigenvalue weighted by Crippen LogP contribution is -2.53. The van der Waals surface area contributed by atoms with Crippen LogP contribution in [0.15, 0.2) is 24.3 Å². The van der Waals surface area contributed by atoms with Crippen molar-refractivity contribution in [3.63, 3.8) is 0 Å². The van der Waals surface area contributed by atoms with Crippen molar-refractivity contribution >= 4 is 11.8 Å². The molecule has 4 heteroatoms. The Hall–Kier alpha value is -1.84. The van der Waals surface area contributed by atoms with Gasteiger partial charge >= 0.3 is 0 Å². The molecule has 34 heavy (non-hydrogen) atoms. The summed E-state index contributed by atoms with van der Waals surface area (Å²) in [7, 11) is 0. The summed E-state index contributed by atoms with van der Waals surface area (Å²) >= 11 is 0. The zero-order valence-electron chi connectivity index (χ0n) is 20.5. The maximum Gasteiger partial charge on any atom is 0.226 e. The van der Waals surface area contributed by atoms with Crippen LogP contribution in [0, 0.1) is 46.3 Å². The molecule has 2 N–H and O–H groups in total. The molecule has 8 fully saturated rings. The van der Waals surface area contributed by atoms with Gasteiger partial charge in [-0.25, -0.2) is 0 Å². The van der Waals surface area contributed by atoms with Crippen LogP contribution in [0.2, 0.25) is 0 Å². The second kappa shape index (κ2) is 7.83. The molecule has 0 radical (unpaired) electrons. The Kier molecular flexibility index (Phi) is 4.94. The quantitative estimate of drug-likeness (QED) is 0.601. The number of nitrogens with one attached hydrogen (secondary N) is 2. The molecule has 2 amide bonds. The summed E-state index contributed by atoms with van der Waals surface area (Å²) in [6, 6.07) is 8.47. The number of hydrogen-bond acceptors (Lipinski definition) is 2. The van der Waals surface area contributed by atoms with Crippen molar-refractivity contribution in [3.8, 4) is 0 Å². The van der Waals surface area contributed by atoms with Crippen LogP contribution in [0.25, 0.3) is 0 Å². The third-order valence-corrected chi connectivity index (χ3v) is 11.0. The van der Waals surface area contributed by atoms with Gasteiger partial charge in [-0.1, -0.05) is 24.3 Å². The number of carbonyl (C=O) groups excluding carboxylic acids is 2. The van der Waals surface area contributed by atoms with E-state index in [4.69, 9.17) is 0 Å². The molecule has 8 aliphatic carbocycles. The van der Waals surface area contributed by atoms with E-state index in [1.807, 2.05) is 0 Å². The lowest BCUT2D eigenvalue weighted by molar-refractivity contribution is -0.146. The SMILES string of the molecule is O=C(NCc1ccc(CNC(=O)C23CC4CC(CC(C4)C2)C3)cc1)C12CC3CC(CC(C3)C1)C2. The molecule has 8 aliphatic rings. The highest BCUT2D eigenvalue weighted by molar-refractivity contribution is 5.83. The first-order chi connectivity index (χ1) is 16.5. The molecular formula is C30H40N2O2. The Morgan fingerprint density at radius 3 is 1.09 bits per heavy atom. The van der Waals surface area contributed by atoms with Gasteiger partial charge in [-0.15, -0.1) is 0 Å². The molecule has 4 nitrogen and oxygen atoms in total. The van der Waals surface area contributed by atoms with E-state index in [0.29, 0.717) is 24.9 Å². The molecule has 0 spiro atoms. The van der Waals surface area contributed by atoms with Gasteiger partial charge in [0.1, 0.15) is 0 Å². The van der Waals surface area contributed by atoms with Gasteiger partial charge < -0.3 is 10.6 Å². The minimum atomic E-state index is -0.0732. The summed E-state index contributed by atoms with van der Waals surface area (Å²) in [5, 5.41) is 6.58.